The molecule has 0 aliphatic carbocycles. The fourth-order valence-electron chi connectivity index (χ4n) is 3.44. The van der Waals surface area contributed by atoms with Gasteiger partial charge in [0.1, 0.15) is 8.07 Å². The summed E-state index contributed by atoms with van der Waals surface area (Å²) in [6, 6.07) is 13.4. The van der Waals surface area contributed by atoms with Gasteiger partial charge in [-0.3, -0.25) is 0 Å². The van der Waals surface area contributed by atoms with Gasteiger partial charge in [0, 0.05) is 5.56 Å². The number of benzene rings is 2. The second-order valence-corrected chi connectivity index (χ2v) is 17.4. The maximum atomic E-state index is 3.63. The highest BCUT2D eigenvalue weighted by Gasteiger charge is 2.24. The molecule has 0 fully saturated rings. The van der Waals surface area contributed by atoms with Gasteiger partial charge < -0.3 is 0 Å². The summed E-state index contributed by atoms with van der Waals surface area (Å²) in [5, 5.41) is 4.23. The molecule has 2 aromatic rings. The van der Waals surface area contributed by atoms with Gasteiger partial charge in [0.2, 0.25) is 0 Å². The van der Waals surface area contributed by atoms with Gasteiger partial charge in [-0.25, -0.2) is 0 Å². The molecule has 0 aliphatic heterocycles. The molecule has 0 heterocycles. The first kappa shape index (κ1) is 18.0. The summed E-state index contributed by atoms with van der Waals surface area (Å²) < 4.78 is 0. The average molecular weight is 339 g/mol. The number of hydrogen-bond donors (Lipinski definition) is 0. The molecule has 0 aromatic heterocycles. The summed E-state index contributed by atoms with van der Waals surface area (Å²) in [5.74, 6) is 3.63. The molecule has 0 bridgehead atoms. The van der Waals surface area contributed by atoms with Crippen LogP contribution in [0.15, 0.2) is 36.4 Å². The maximum absolute atomic E-state index is 3.63. The van der Waals surface area contributed by atoms with Crippen molar-refractivity contribution in [2.24, 2.45) is 0 Å². The third kappa shape index (κ3) is 4.37. The number of rotatable bonds is 3. The van der Waals surface area contributed by atoms with Crippen LogP contribution in [0.4, 0.5) is 0 Å². The first-order valence-corrected chi connectivity index (χ1v) is 14.2. The van der Waals surface area contributed by atoms with Crippen molar-refractivity contribution in [3.05, 3.63) is 42.0 Å². The molecule has 23 heavy (non-hydrogen) atoms. The summed E-state index contributed by atoms with van der Waals surface area (Å²) in [4.78, 5) is 0. The first-order chi connectivity index (χ1) is 10.7. The molecule has 0 atom stereocenters. The molecular formula is C21H30Si2. The van der Waals surface area contributed by atoms with Gasteiger partial charge in [0.05, 0.1) is 8.80 Å². The van der Waals surface area contributed by atoms with Crippen molar-refractivity contribution in [1.82, 2.24) is 0 Å². The Bertz CT molecular complexity index is 732. The van der Waals surface area contributed by atoms with Gasteiger partial charge in [-0.15, -0.1) is 5.54 Å². The largest absolute Gasteiger partial charge is 0.129 e. The van der Waals surface area contributed by atoms with Crippen molar-refractivity contribution in [3.63, 3.8) is 0 Å². The molecule has 0 saturated heterocycles. The Morgan fingerprint density at radius 2 is 1.48 bits per heavy atom. The molecule has 0 aliphatic rings. The summed E-state index contributed by atoms with van der Waals surface area (Å²) in [7, 11) is -2.44. The Hall–Kier alpha value is -1.31. The summed E-state index contributed by atoms with van der Waals surface area (Å²) in [6.07, 6.45) is 0. The lowest BCUT2D eigenvalue weighted by Gasteiger charge is -2.25. The molecule has 0 amide bonds. The third-order valence-corrected chi connectivity index (χ3v) is 9.27. The molecular weight excluding hydrogens is 308 g/mol. The molecule has 2 heteroatoms. The van der Waals surface area contributed by atoms with E-state index in [-0.39, 0.29) is 0 Å². The van der Waals surface area contributed by atoms with Crippen LogP contribution in [-0.2, 0) is 0 Å². The molecule has 2 rings (SSSR count). The Kier molecular flexibility index (Phi) is 5.54. The topological polar surface area (TPSA) is 0 Å². The third-order valence-electron chi connectivity index (χ3n) is 4.32. The molecule has 0 radical (unpaired) electrons. The minimum absolute atomic E-state index is 0.753. The minimum Gasteiger partial charge on any atom is -0.127 e. The lowest BCUT2D eigenvalue weighted by Crippen LogP contribution is -2.38. The number of hydrogen-bond acceptors (Lipinski definition) is 0. The van der Waals surface area contributed by atoms with Crippen LogP contribution in [0, 0.1) is 11.5 Å². The molecule has 0 N–H and O–H groups in total. The van der Waals surface area contributed by atoms with Crippen molar-refractivity contribution < 1.29 is 0 Å². The highest BCUT2D eigenvalue weighted by atomic mass is 28.3. The van der Waals surface area contributed by atoms with Crippen LogP contribution in [0.2, 0.25) is 30.7 Å². The predicted molar refractivity (Wildman–Crippen MR) is 111 cm³/mol. The van der Waals surface area contributed by atoms with Crippen molar-refractivity contribution in [3.8, 4) is 11.5 Å². The van der Waals surface area contributed by atoms with E-state index in [0.29, 0.717) is 0 Å². The van der Waals surface area contributed by atoms with E-state index < -0.39 is 16.9 Å². The molecule has 0 unspecified atom stereocenters. The Labute approximate surface area is 144 Å². The van der Waals surface area contributed by atoms with Crippen molar-refractivity contribution >= 4 is 32.8 Å². The van der Waals surface area contributed by atoms with Crippen LogP contribution in [0.1, 0.15) is 33.3 Å². The van der Waals surface area contributed by atoms with Gasteiger partial charge in [-0.05, 0) is 27.0 Å². The Morgan fingerprint density at radius 1 is 0.870 bits per heavy atom. The van der Waals surface area contributed by atoms with E-state index in [0.717, 1.165) is 11.1 Å². The standard InChI is InChI=1S/C21H30Si2/c1-16(2)22(17(3)4)21-13-12-18-10-8-9-11-19(18)20(21)14-15-23(5,6)7/h8-13,16-17,22H,1-7H3. The van der Waals surface area contributed by atoms with Crippen LogP contribution in [0.25, 0.3) is 10.8 Å². The van der Waals surface area contributed by atoms with Gasteiger partial charge in [-0.1, -0.05) is 89.7 Å². The Morgan fingerprint density at radius 3 is 2.04 bits per heavy atom. The van der Waals surface area contributed by atoms with Crippen molar-refractivity contribution in [2.75, 3.05) is 0 Å². The molecule has 0 spiro atoms. The Balaban J connectivity index is 2.75. The monoisotopic (exact) mass is 338 g/mol. The first-order valence-electron chi connectivity index (χ1n) is 8.75. The van der Waals surface area contributed by atoms with E-state index in [9.17, 15) is 0 Å². The quantitative estimate of drug-likeness (QED) is 0.524. The van der Waals surface area contributed by atoms with E-state index >= 15 is 0 Å². The van der Waals surface area contributed by atoms with E-state index in [2.05, 4.69) is 95.2 Å². The average Bonchev–Trinajstić information content (AvgIpc) is 2.44. The van der Waals surface area contributed by atoms with Gasteiger partial charge >= 0.3 is 0 Å². The molecule has 2 aromatic carbocycles. The zero-order valence-electron chi connectivity index (χ0n) is 15.7. The lowest BCUT2D eigenvalue weighted by molar-refractivity contribution is 0.951. The lowest BCUT2D eigenvalue weighted by atomic mass is 10.1. The normalized spacial score (nSPS) is 12.1. The van der Waals surface area contributed by atoms with Crippen LogP contribution >= 0.6 is 0 Å². The van der Waals surface area contributed by atoms with E-state index in [1.807, 2.05) is 0 Å². The molecule has 122 valence electrons. The SMILES string of the molecule is CC(C)[SiH](c1ccc2ccccc2c1C#C[Si](C)(C)C)C(C)C. The number of fused-ring (bicyclic) bond motifs is 1. The zero-order chi connectivity index (χ0) is 17.2. The summed E-state index contributed by atoms with van der Waals surface area (Å²) in [6.45, 7) is 16.5. The van der Waals surface area contributed by atoms with Crippen LogP contribution in [-0.4, -0.2) is 16.9 Å². The second kappa shape index (κ2) is 7.07. The fraction of sp³-hybridized carbons (Fsp3) is 0.429. The minimum atomic E-state index is -1.39. The maximum Gasteiger partial charge on any atom is 0.129 e. The van der Waals surface area contributed by atoms with Crippen molar-refractivity contribution in [2.45, 2.75) is 58.4 Å². The van der Waals surface area contributed by atoms with Crippen LogP contribution in [0.3, 0.4) is 0 Å². The van der Waals surface area contributed by atoms with Crippen molar-refractivity contribution in [1.29, 1.82) is 0 Å². The summed E-state index contributed by atoms with van der Waals surface area (Å²) >= 11 is 0. The predicted octanol–water partition coefficient (Wildman–Crippen LogP) is 5.32. The molecule has 0 nitrogen and oxygen atoms in total. The fourth-order valence-corrected chi connectivity index (χ4v) is 7.80. The van der Waals surface area contributed by atoms with Gasteiger partial charge in [0.25, 0.3) is 0 Å². The van der Waals surface area contributed by atoms with E-state index in [4.69, 9.17) is 0 Å². The van der Waals surface area contributed by atoms with E-state index in [1.165, 1.54) is 16.3 Å². The zero-order valence-corrected chi connectivity index (χ0v) is 17.9. The highest BCUT2D eigenvalue weighted by Crippen LogP contribution is 2.24. The summed E-state index contributed by atoms with van der Waals surface area (Å²) in [5.41, 5.74) is 6.44. The second-order valence-electron chi connectivity index (χ2n) is 8.26. The van der Waals surface area contributed by atoms with Gasteiger partial charge in [0.15, 0.2) is 0 Å². The van der Waals surface area contributed by atoms with Crippen LogP contribution in [0.5, 0.6) is 0 Å². The smallest absolute Gasteiger partial charge is 0.127 e. The molecule has 0 saturated carbocycles. The van der Waals surface area contributed by atoms with Crippen LogP contribution < -0.4 is 5.19 Å². The van der Waals surface area contributed by atoms with Gasteiger partial charge in [-0.2, -0.15) is 0 Å². The van der Waals surface area contributed by atoms with E-state index in [1.54, 1.807) is 5.19 Å². The highest BCUT2D eigenvalue weighted by molar-refractivity contribution is 6.84.